The zero-order valence-electron chi connectivity index (χ0n) is 13.4. The maximum Gasteiger partial charge on any atom is 0.431 e. The topological polar surface area (TPSA) is 61.9 Å². The quantitative estimate of drug-likeness (QED) is 0.533. The third kappa shape index (κ3) is 3.93. The van der Waals surface area contributed by atoms with Crippen molar-refractivity contribution in [2.24, 2.45) is 0 Å². The highest BCUT2D eigenvalue weighted by molar-refractivity contribution is 6.30. The second-order valence-corrected chi connectivity index (χ2v) is 6.09. The third-order valence-corrected chi connectivity index (χ3v) is 4.03. The lowest BCUT2D eigenvalue weighted by Gasteiger charge is -2.02. The molecule has 0 radical (unpaired) electrons. The van der Waals surface area contributed by atoms with E-state index in [4.69, 9.17) is 16.1 Å². The highest BCUT2D eigenvalue weighted by Crippen LogP contribution is 2.10. The molecule has 6 heteroatoms. The number of nitrogens with zero attached hydrogens (tertiary/aromatic N) is 1. The Balaban J connectivity index is 1.64. The number of aromatic nitrogens is 2. The molecule has 0 atom stereocenters. The number of aryl methyl sites for hydroxylation is 1. The molecule has 2 aromatic carbocycles. The average molecular weight is 345 g/mol. The summed E-state index contributed by atoms with van der Waals surface area (Å²) in [5, 5.41) is 6.65. The van der Waals surface area contributed by atoms with Gasteiger partial charge >= 0.3 is 11.3 Å². The Morgan fingerprint density at radius 3 is 2.75 bits per heavy atom. The fourth-order valence-corrected chi connectivity index (χ4v) is 2.69. The van der Waals surface area contributed by atoms with Crippen molar-refractivity contribution in [1.82, 2.24) is 10.6 Å². The van der Waals surface area contributed by atoms with Crippen molar-refractivity contribution in [3.05, 3.63) is 80.8 Å². The molecule has 0 amide bonds. The third-order valence-electron chi connectivity index (χ3n) is 3.80. The Labute approximate surface area is 144 Å². The maximum atomic E-state index is 11.9. The van der Waals surface area contributed by atoms with Gasteiger partial charge in [-0.3, -0.25) is 4.52 Å². The van der Waals surface area contributed by atoms with E-state index in [9.17, 15) is 4.79 Å². The number of H-pyrrole nitrogens is 1. The molecule has 0 saturated carbocycles. The number of hydrogen-bond donors (Lipinski definition) is 2. The Morgan fingerprint density at radius 1 is 1.21 bits per heavy atom. The summed E-state index contributed by atoms with van der Waals surface area (Å²) in [6.45, 7) is 3.17. The minimum atomic E-state index is -0.370. The molecular formula is C18H19ClN3O2+. The predicted octanol–water partition coefficient (Wildman–Crippen LogP) is 2.54. The standard InChI is InChI=1S/C18H18ClN3O2/c1-13-5-7-16(8-6-13)22-17(18(23)24-21-22)12-20-10-9-14-3-2-4-15(19)11-14/h2-8,11,20H,9-10,12H2,1H3/p+1. The molecule has 1 heterocycles. The van der Waals surface area contributed by atoms with Crippen molar-refractivity contribution in [3.63, 3.8) is 0 Å². The maximum absolute atomic E-state index is 11.9. The molecule has 0 bridgehead atoms. The second kappa shape index (κ2) is 7.47. The fourth-order valence-electron chi connectivity index (χ4n) is 2.48. The summed E-state index contributed by atoms with van der Waals surface area (Å²) in [4.78, 5) is 11.9. The molecule has 124 valence electrons. The first-order valence-corrected chi connectivity index (χ1v) is 8.16. The van der Waals surface area contributed by atoms with Gasteiger partial charge in [-0.15, -0.1) is 0 Å². The van der Waals surface area contributed by atoms with Crippen molar-refractivity contribution in [2.75, 3.05) is 6.54 Å². The van der Waals surface area contributed by atoms with Crippen LogP contribution in [0.3, 0.4) is 0 Å². The largest absolute Gasteiger partial charge is 0.431 e. The van der Waals surface area contributed by atoms with Crippen molar-refractivity contribution in [2.45, 2.75) is 19.9 Å². The smallest absolute Gasteiger partial charge is 0.307 e. The van der Waals surface area contributed by atoms with E-state index in [0.717, 1.165) is 34.8 Å². The molecule has 0 unspecified atom stereocenters. The lowest BCUT2D eigenvalue weighted by molar-refractivity contribution is -0.677. The molecule has 0 saturated heterocycles. The van der Waals surface area contributed by atoms with E-state index in [1.165, 1.54) is 0 Å². The lowest BCUT2D eigenvalue weighted by atomic mass is 10.1. The van der Waals surface area contributed by atoms with Gasteiger partial charge in [-0.25, -0.2) is 4.79 Å². The zero-order valence-corrected chi connectivity index (χ0v) is 14.1. The van der Waals surface area contributed by atoms with E-state index in [1.54, 1.807) is 4.68 Å². The van der Waals surface area contributed by atoms with Crippen LogP contribution in [-0.4, -0.2) is 11.8 Å². The number of aromatic amines is 1. The minimum absolute atomic E-state index is 0.370. The highest BCUT2D eigenvalue weighted by Gasteiger charge is 2.22. The summed E-state index contributed by atoms with van der Waals surface area (Å²) >= 11 is 5.98. The van der Waals surface area contributed by atoms with Crippen molar-refractivity contribution in [3.8, 4) is 5.69 Å². The monoisotopic (exact) mass is 344 g/mol. The van der Waals surface area contributed by atoms with Crippen LogP contribution in [0.1, 0.15) is 16.8 Å². The van der Waals surface area contributed by atoms with E-state index < -0.39 is 0 Å². The van der Waals surface area contributed by atoms with Crippen LogP contribution in [0.2, 0.25) is 5.02 Å². The van der Waals surface area contributed by atoms with Crippen LogP contribution in [-0.2, 0) is 13.0 Å². The van der Waals surface area contributed by atoms with Crippen LogP contribution >= 0.6 is 11.6 Å². The molecule has 2 N–H and O–H groups in total. The Hall–Kier alpha value is -2.37. The predicted molar refractivity (Wildman–Crippen MR) is 92.5 cm³/mol. The van der Waals surface area contributed by atoms with Crippen LogP contribution < -0.4 is 15.6 Å². The van der Waals surface area contributed by atoms with Gasteiger partial charge in [-0.05, 0) is 47.5 Å². The normalized spacial score (nSPS) is 10.9. The first-order valence-electron chi connectivity index (χ1n) is 7.78. The van der Waals surface area contributed by atoms with E-state index in [-0.39, 0.29) is 5.63 Å². The first-order chi connectivity index (χ1) is 11.6. The number of nitrogens with one attached hydrogen (secondary N) is 2. The van der Waals surface area contributed by atoms with Crippen LogP contribution in [0.25, 0.3) is 5.69 Å². The van der Waals surface area contributed by atoms with Crippen LogP contribution in [0, 0.1) is 6.92 Å². The summed E-state index contributed by atoms with van der Waals surface area (Å²) < 4.78 is 6.60. The Kier molecular flexibility index (Phi) is 5.13. The van der Waals surface area contributed by atoms with Gasteiger partial charge in [0.25, 0.3) is 0 Å². The molecular weight excluding hydrogens is 326 g/mol. The van der Waals surface area contributed by atoms with Gasteiger partial charge in [-0.2, -0.15) is 0 Å². The van der Waals surface area contributed by atoms with Crippen LogP contribution in [0.15, 0.2) is 57.8 Å². The summed E-state index contributed by atoms with van der Waals surface area (Å²) in [6, 6.07) is 15.6. The number of hydrogen-bond acceptors (Lipinski definition) is 3. The van der Waals surface area contributed by atoms with Gasteiger partial charge in [0.1, 0.15) is 0 Å². The summed E-state index contributed by atoms with van der Waals surface area (Å²) in [6.07, 6.45) is 0.834. The van der Waals surface area contributed by atoms with Gasteiger partial charge in [0, 0.05) is 17.2 Å². The molecule has 0 aliphatic heterocycles. The van der Waals surface area contributed by atoms with E-state index in [2.05, 4.69) is 10.6 Å². The van der Waals surface area contributed by atoms with Gasteiger partial charge in [0.15, 0.2) is 0 Å². The molecule has 5 nitrogen and oxygen atoms in total. The minimum Gasteiger partial charge on any atom is -0.307 e. The molecule has 0 aliphatic carbocycles. The van der Waals surface area contributed by atoms with Gasteiger partial charge in [0.05, 0.1) is 6.54 Å². The summed E-state index contributed by atoms with van der Waals surface area (Å²) in [5.41, 5.74) is 3.34. The number of benzene rings is 2. The molecule has 3 aromatic rings. The van der Waals surface area contributed by atoms with E-state index in [1.807, 2.05) is 55.5 Å². The molecule has 3 rings (SSSR count). The van der Waals surface area contributed by atoms with Crippen LogP contribution in [0.5, 0.6) is 0 Å². The van der Waals surface area contributed by atoms with E-state index in [0.29, 0.717) is 12.2 Å². The number of rotatable bonds is 6. The fraction of sp³-hybridized carbons (Fsp3) is 0.222. The van der Waals surface area contributed by atoms with Crippen LogP contribution in [0.4, 0.5) is 0 Å². The van der Waals surface area contributed by atoms with Crippen molar-refractivity contribution in [1.29, 1.82) is 0 Å². The van der Waals surface area contributed by atoms with Gasteiger partial charge < -0.3 is 5.32 Å². The molecule has 24 heavy (non-hydrogen) atoms. The zero-order chi connectivity index (χ0) is 16.9. The lowest BCUT2D eigenvalue weighted by Crippen LogP contribution is -2.41. The highest BCUT2D eigenvalue weighted by atomic mass is 35.5. The molecule has 0 aliphatic rings. The van der Waals surface area contributed by atoms with Crippen molar-refractivity contribution >= 4 is 11.6 Å². The van der Waals surface area contributed by atoms with Gasteiger partial charge in [0.2, 0.25) is 5.69 Å². The molecule has 0 spiro atoms. The summed E-state index contributed by atoms with van der Waals surface area (Å²) in [5.74, 6) is 0. The average Bonchev–Trinajstić information content (AvgIpc) is 2.93. The van der Waals surface area contributed by atoms with Crippen molar-refractivity contribution < 1.29 is 9.20 Å². The SMILES string of the molecule is Cc1ccc(-[n+]2[nH]oc(=O)c2CNCCc2cccc(Cl)c2)cc1. The molecule has 0 fully saturated rings. The second-order valence-electron chi connectivity index (χ2n) is 5.66. The first kappa shape index (κ1) is 16.5. The molecule has 1 aromatic heterocycles. The Bertz CT molecular complexity index is 868. The Morgan fingerprint density at radius 2 is 2.00 bits per heavy atom. The number of halogens is 1. The van der Waals surface area contributed by atoms with E-state index >= 15 is 0 Å². The summed E-state index contributed by atoms with van der Waals surface area (Å²) in [7, 11) is 0. The van der Waals surface area contributed by atoms with Gasteiger partial charge in [-0.1, -0.05) is 41.4 Å².